The van der Waals surface area contributed by atoms with Crippen molar-refractivity contribution in [1.82, 2.24) is 0 Å². The maximum absolute atomic E-state index is 13.0. The topological polar surface area (TPSA) is 62.1 Å². The number of hydrogen-bond donors (Lipinski definition) is 1. The van der Waals surface area contributed by atoms with Crippen molar-refractivity contribution in [1.29, 1.82) is 5.26 Å². The summed E-state index contributed by atoms with van der Waals surface area (Å²) in [7, 11) is 0. The summed E-state index contributed by atoms with van der Waals surface area (Å²) >= 11 is 0. The van der Waals surface area contributed by atoms with E-state index in [1.54, 1.807) is 24.3 Å². The average Bonchev–Trinajstić information content (AvgIpc) is 2.72. The van der Waals surface area contributed by atoms with Gasteiger partial charge in [-0.2, -0.15) is 5.26 Å². The first-order chi connectivity index (χ1) is 14.4. The van der Waals surface area contributed by atoms with Gasteiger partial charge in [0.25, 0.3) is 5.91 Å². The van der Waals surface area contributed by atoms with E-state index < -0.39 is 11.7 Å². The van der Waals surface area contributed by atoms with Gasteiger partial charge in [-0.3, -0.25) is 4.79 Å². The summed E-state index contributed by atoms with van der Waals surface area (Å²) in [6, 6.07) is 20.7. The molecular formula is C25H21FN2O2. The van der Waals surface area contributed by atoms with Crippen molar-refractivity contribution in [3.63, 3.8) is 0 Å². The molecule has 150 valence electrons. The van der Waals surface area contributed by atoms with Gasteiger partial charge in [0.2, 0.25) is 0 Å². The number of amides is 1. The van der Waals surface area contributed by atoms with Crippen LogP contribution in [0.2, 0.25) is 0 Å². The standard InChI is InChI=1S/C25H21FN2O2/c1-17-11-18(2)13-20(12-17)16-30-24-9-3-19(4-10-24)14-21(15-27)25(29)28-23-7-5-22(26)6-8-23/h3-14H,16H2,1-2H3,(H,28,29)/b21-14+. The lowest BCUT2D eigenvalue weighted by molar-refractivity contribution is -0.112. The number of nitrogens with one attached hydrogen (secondary N) is 1. The average molecular weight is 400 g/mol. The second kappa shape index (κ2) is 9.53. The van der Waals surface area contributed by atoms with Crippen LogP contribution in [0, 0.1) is 31.0 Å². The lowest BCUT2D eigenvalue weighted by Crippen LogP contribution is -2.13. The van der Waals surface area contributed by atoms with E-state index in [1.807, 2.05) is 6.07 Å². The minimum Gasteiger partial charge on any atom is -0.489 e. The molecule has 30 heavy (non-hydrogen) atoms. The molecule has 4 nitrogen and oxygen atoms in total. The quantitative estimate of drug-likeness (QED) is 0.435. The van der Waals surface area contributed by atoms with E-state index in [-0.39, 0.29) is 5.57 Å². The second-order valence-corrected chi connectivity index (χ2v) is 6.98. The van der Waals surface area contributed by atoms with E-state index in [0.29, 0.717) is 23.6 Å². The molecule has 1 N–H and O–H groups in total. The third kappa shape index (κ3) is 5.79. The van der Waals surface area contributed by atoms with Gasteiger partial charge in [-0.25, -0.2) is 4.39 Å². The van der Waals surface area contributed by atoms with E-state index in [0.717, 1.165) is 5.56 Å². The summed E-state index contributed by atoms with van der Waals surface area (Å²) in [6.07, 6.45) is 1.49. The first kappa shape index (κ1) is 20.8. The van der Waals surface area contributed by atoms with Crippen molar-refractivity contribution in [3.05, 3.63) is 100 Å². The predicted molar refractivity (Wildman–Crippen MR) is 115 cm³/mol. The Kier molecular flexibility index (Phi) is 6.61. The number of ether oxygens (including phenoxy) is 1. The van der Waals surface area contributed by atoms with Gasteiger partial charge in [-0.05, 0) is 67.4 Å². The molecule has 0 aliphatic heterocycles. The number of carbonyl (C=O) groups excluding carboxylic acids is 1. The normalized spacial score (nSPS) is 10.9. The van der Waals surface area contributed by atoms with E-state index >= 15 is 0 Å². The lowest BCUT2D eigenvalue weighted by atomic mass is 10.1. The fourth-order valence-electron chi connectivity index (χ4n) is 3.03. The van der Waals surface area contributed by atoms with Gasteiger partial charge in [0, 0.05) is 5.69 Å². The van der Waals surface area contributed by atoms with E-state index in [4.69, 9.17) is 4.74 Å². The van der Waals surface area contributed by atoms with Crippen molar-refractivity contribution in [3.8, 4) is 11.8 Å². The summed E-state index contributed by atoms with van der Waals surface area (Å²) in [5.74, 6) is -0.260. The van der Waals surface area contributed by atoms with Gasteiger partial charge < -0.3 is 10.1 Å². The molecule has 0 unspecified atom stereocenters. The molecule has 5 heteroatoms. The molecule has 3 aromatic carbocycles. The number of aryl methyl sites for hydroxylation is 2. The molecule has 3 rings (SSSR count). The fourth-order valence-corrected chi connectivity index (χ4v) is 3.03. The van der Waals surface area contributed by atoms with Gasteiger partial charge >= 0.3 is 0 Å². The maximum Gasteiger partial charge on any atom is 0.266 e. The molecular weight excluding hydrogens is 379 g/mol. The van der Waals surface area contributed by atoms with E-state index in [9.17, 15) is 14.4 Å². The Morgan fingerprint density at radius 3 is 2.27 bits per heavy atom. The predicted octanol–water partition coefficient (Wildman–Crippen LogP) is 5.57. The molecule has 0 atom stereocenters. The smallest absolute Gasteiger partial charge is 0.266 e. The number of nitrogens with zero attached hydrogens (tertiary/aromatic N) is 1. The van der Waals surface area contributed by atoms with E-state index in [2.05, 4.69) is 37.4 Å². The number of benzene rings is 3. The third-order valence-electron chi connectivity index (χ3n) is 4.35. The Bertz CT molecular complexity index is 1090. The molecule has 0 saturated carbocycles. The van der Waals surface area contributed by atoms with Gasteiger partial charge in [-0.1, -0.05) is 41.5 Å². The number of carbonyl (C=O) groups is 1. The zero-order chi connectivity index (χ0) is 21.5. The minimum atomic E-state index is -0.556. The van der Waals surface area contributed by atoms with Crippen molar-refractivity contribution >= 4 is 17.7 Å². The molecule has 0 aliphatic rings. The van der Waals surface area contributed by atoms with Crippen LogP contribution in [0.3, 0.4) is 0 Å². The Morgan fingerprint density at radius 2 is 1.67 bits per heavy atom. The van der Waals surface area contributed by atoms with Gasteiger partial charge in [0.1, 0.15) is 29.8 Å². The lowest BCUT2D eigenvalue weighted by Gasteiger charge is -2.08. The number of anilines is 1. The third-order valence-corrected chi connectivity index (χ3v) is 4.35. The maximum atomic E-state index is 13.0. The molecule has 0 aliphatic carbocycles. The Balaban J connectivity index is 1.65. The number of halogens is 1. The van der Waals surface area contributed by atoms with Crippen LogP contribution < -0.4 is 10.1 Å². The Morgan fingerprint density at radius 1 is 1.03 bits per heavy atom. The number of nitriles is 1. The molecule has 0 radical (unpaired) electrons. The number of rotatable bonds is 6. The van der Waals surface area contributed by atoms with Crippen LogP contribution in [-0.4, -0.2) is 5.91 Å². The molecule has 0 fully saturated rings. The monoisotopic (exact) mass is 400 g/mol. The molecule has 0 saturated heterocycles. The summed E-state index contributed by atoms with van der Waals surface area (Å²) in [6.45, 7) is 4.56. The van der Waals surface area contributed by atoms with Crippen LogP contribution >= 0.6 is 0 Å². The highest BCUT2D eigenvalue weighted by molar-refractivity contribution is 6.09. The summed E-state index contributed by atoms with van der Waals surface area (Å²) in [5, 5.41) is 11.9. The largest absolute Gasteiger partial charge is 0.489 e. The van der Waals surface area contributed by atoms with Crippen molar-refractivity contribution in [2.45, 2.75) is 20.5 Å². The van der Waals surface area contributed by atoms with Gasteiger partial charge in [0.15, 0.2) is 0 Å². The fraction of sp³-hybridized carbons (Fsp3) is 0.120. The first-order valence-electron chi connectivity index (χ1n) is 9.42. The van der Waals surface area contributed by atoms with Gasteiger partial charge in [0.05, 0.1) is 0 Å². The van der Waals surface area contributed by atoms with Gasteiger partial charge in [-0.15, -0.1) is 0 Å². The first-order valence-corrected chi connectivity index (χ1v) is 9.42. The van der Waals surface area contributed by atoms with Crippen LogP contribution in [0.25, 0.3) is 6.08 Å². The molecule has 0 heterocycles. The Labute approximate surface area is 175 Å². The molecule has 0 spiro atoms. The van der Waals surface area contributed by atoms with Crippen LogP contribution in [0.5, 0.6) is 5.75 Å². The molecule has 0 bridgehead atoms. The van der Waals surface area contributed by atoms with Crippen molar-refractivity contribution < 1.29 is 13.9 Å². The van der Waals surface area contributed by atoms with Crippen LogP contribution in [0.4, 0.5) is 10.1 Å². The zero-order valence-electron chi connectivity index (χ0n) is 16.8. The minimum absolute atomic E-state index is 0.0526. The van der Waals surface area contributed by atoms with E-state index in [1.165, 1.54) is 41.5 Å². The highest BCUT2D eigenvalue weighted by atomic mass is 19.1. The van der Waals surface area contributed by atoms with Crippen molar-refractivity contribution in [2.24, 2.45) is 0 Å². The molecule has 0 aromatic heterocycles. The zero-order valence-corrected chi connectivity index (χ0v) is 16.8. The summed E-state index contributed by atoms with van der Waals surface area (Å²) < 4.78 is 18.8. The second-order valence-electron chi connectivity index (χ2n) is 6.98. The number of hydrogen-bond acceptors (Lipinski definition) is 3. The summed E-state index contributed by atoms with van der Waals surface area (Å²) in [5.41, 5.74) is 4.54. The van der Waals surface area contributed by atoms with Crippen LogP contribution in [0.15, 0.2) is 72.3 Å². The SMILES string of the molecule is Cc1cc(C)cc(COc2ccc(/C=C(\C#N)C(=O)Nc3ccc(F)cc3)cc2)c1. The van der Waals surface area contributed by atoms with Crippen LogP contribution in [-0.2, 0) is 11.4 Å². The van der Waals surface area contributed by atoms with Crippen LogP contribution in [0.1, 0.15) is 22.3 Å². The summed E-state index contributed by atoms with van der Waals surface area (Å²) in [4.78, 5) is 12.3. The highest BCUT2D eigenvalue weighted by Gasteiger charge is 2.10. The van der Waals surface area contributed by atoms with Crippen molar-refractivity contribution in [2.75, 3.05) is 5.32 Å². The molecule has 3 aromatic rings. The highest BCUT2D eigenvalue weighted by Crippen LogP contribution is 2.18. The molecule has 1 amide bonds. The Hall–Kier alpha value is -3.91.